The van der Waals surface area contributed by atoms with Gasteiger partial charge in [-0.05, 0) is 54.1 Å². The highest BCUT2D eigenvalue weighted by atomic mass is 79.9. The number of carbonyl (C=O) groups is 2. The maximum absolute atomic E-state index is 13.0. The molecule has 3 N–H and O–H groups in total. The van der Waals surface area contributed by atoms with Crippen molar-refractivity contribution in [3.8, 4) is 0 Å². The van der Waals surface area contributed by atoms with Gasteiger partial charge in [0.15, 0.2) is 0 Å². The predicted octanol–water partition coefficient (Wildman–Crippen LogP) is 1.55. The number of nitrogens with zero attached hydrogens (tertiary/aromatic N) is 3. The van der Waals surface area contributed by atoms with Crippen molar-refractivity contribution in [2.45, 2.75) is 50.8 Å². The molecule has 31 heavy (non-hydrogen) atoms. The number of fused-ring (bicyclic) bond motifs is 1. The third-order valence-corrected chi connectivity index (χ3v) is 7.72. The summed E-state index contributed by atoms with van der Waals surface area (Å²) < 4.78 is 6.33. The predicted molar refractivity (Wildman–Crippen MR) is 116 cm³/mol. The second-order valence-electron chi connectivity index (χ2n) is 9.38. The summed E-state index contributed by atoms with van der Waals surface area (Å²) in [4.78, 5) is 33.3. The number of rotatable bonds is 3. The Morgan fingerprint density at radius 2 is 1.90 bits per heavy atom. The normalized spacial score (nSPS) is 29.4. The van der Waals surface area contributed by atoms with Gasteiger partial charge in [0, 0.05) is 72.0 Å². The molecule has 3 saturated heterocycles. The maximum atomic E-state index is 13.0. The first kappa shape index (κ1) is 21.1. The van der Waals surface area contributed by atoms with E-state index in [9.17, 15) is 9.59 Å². The van der Waals surface area contributed by atoms with Gasteiger partial charge in [0.25, 0.3) is 0 Å². The van der Waals surface area contributed by atoms with E-state index in [4.69, 9.17) is 4.74 Å². The summed E-state index contributed by atoms with van der Waals surface area (Å²) in [5.41, 5.74) is 10.5. The molecular formula is C21H29BrN6O3. The molecule has 1 saturated carbocycles. The number of likely N-dealkylation sites (tertiary alicyclic amines) is 2. The number of pyridine rings is 1. The van der Waals surface area contributed by atoms with Crippen LogP contribution in [0.4, 0.5) is 4.79 Å². The van der Waals surface area contributed by atoms with Gasteiger partial charge in [0.05, 0.1) is 0 Å². The largest absolute Gasteiger partial charge is 0.444 e. The lowest BCUT2D eigenvalue weighted by molar-refractivity contribution is -0.152. The minimum atomic E-state index is -0.273. The van der Waals surface area contributed by atoms with E-state index in [2.05, 4.69) is 37.3 Å². The van der Waals surface area contributed by atoms with Crippen molar-refractivity contribution in [2.24, 2.45) is 11.3 Å². The van der Waals surface area contributed by atoms with Crippen molar-refractivity contribution in [2.75, 3.05) is 26.2 Å². The summed E-state index contributed by atoms with van der Waals surface area (Å²) in [6.45, 7) is 3.25. The number of halogens is 1. The zero-order valence-electron chi connectivity index (χ0n) is 17.5. The van der Waals surface area contributed by atoms with Crippen LogP contribution in [0.15, 0.2) is 22.9 Å². The van der Waals surface area contributed by atoms with Crippen molar-refractivity contribution < 1.29 is 14.3 Å². The van der Waals surface area contributed by atoms with Gasteiger partial charge in [-0.15, -0.1) is 0 Å². The number of piperidine rings is 1. The lowest BCUT2D eigenvalue weighted by Crippen LogP contribution is -2.63. The number of ether oxygens (including phenoxy) is 1. The van der Waals surface area contributed by atoms with Crippen LogP contribution in [0.3, 0.4) is 0 Å². The molecule has 10 heteroatoms. The van der Waals surface area contributed by atoms with Gasteiger partial charge in [-0.2, -0.15) is 5.53 Å². The second kappa shape index (κ2) is 8.65. The molecule has 2 amide bonds. The molecular weight excluding hydrogens is 464 g/mol. The third kappa shape index (κ3) is 4.44. The van der Waals surface area contributed by atoms with Crippen LogP contribution in [0.25, 0.3) is 0 Å². The highest BCUT2D eigenvalue weighted by Gasteiger charge is 2.49. The molecule has 3 atom stereocenters. The summed E-state index contributed by atoms with van der Waals surface area (Å²) in [5.74, 6) is 0.428. The van der Waals surface area contributed by atoms with Crippen LogP contribution in [-0.4, -0.2) is 65.0 Å². The van der Waals surface area contributed by atoms with Crippen molar-refractivity contribution in [3.63, 3.8) is 0 Å². The van der Waals surface area contributed by atoms with Crippen LogP contribution in [0.5, 0.6) is 0 Å². The maximum Gasteiger partial charge on any atom is 0.410 e. The minimum absolute atomic E-state index is 0.121. The van der Waals surface area contributed by atoms with Gasteiger partial charge in [0.2, 0.25) is 5.91 Å². The highest BCUT2D eigenvalue weighted by molar-refractivity contribution is 9.10. The van der Waals surface area contributed by atoms with Crippen LogP contribution in [-0.2, 0) is 16.1 Å². The van der Waals surface area contributed by atoms with E-state index in [0.29, 0.717) is 31.1 Å². The van der Waals surface area contributed by atoms with E-state index in [1.807, 2.05) is 11.0 Å². The monoisotopic (exact) mass is 492 g/mol. The molecule has 0 bridgehead atoms. The Morgan fingerprint density at radius 1 is 1.13 bits per heavy atom. The van der Waals surface area contributed by atoms with Crippen LogP contribution < -0.4 is 16.4 Å². The lowest BCUT2D eigenvalue weighted by atomic mass is 9.71. The van der Waals surface area contributed by atoms with Crippen LogP contribution >= 0.6 is 15.9 Å². The molecule has 1 aromatic rings. The molecule has 3 aliphatic heterocycles. The number of hydrazine groups is 2. The average molecular weight is 493 g/mol. The van der Waals surface area contributed by atoms with Gasteiger partial charge in [-0.25, -0.2) is 15.6 Å². The molecule has 4 aliphatic rings. The molecule has 1 spiro atoms. The van der Waals surface area contributed by atoms with E-state index in [0.717, 1.165) is 55.2 Å². The zero-order valence-corrected chi connectivity index (χ0v) is 19.1. The quantitative estimate of drug-likeness (QED) is 0.588. The number of amides is 2. The first-order valence-corrected chi connectivity index (χ1v) is 11.9. The van der Waals surface area contributed by atoms with E-state index in [-0.39, 0.29) is 24.0 Å². The number of aromatic nitrogens is 1. The SMILES string of the molecule is O=C(OCc1cncc(Br)c1)N1CCC2(CC1)CN(C(=O)C1CCC3NNNC3C1)C2. The molecule has 1 aliphatic carbocycles. The van der Waals surface area contributed by atoms with E-state index >= 15 is 0 Å². The Bertz CT molecular complexity index is 838. The van der Waals surface area contributed by atoms with Gasteiger partial charge in [-0.3, -0.25) is 9.78 Å². The standard InChI is InChI=1S/C21H29BrN6O3/c22-16-7-14(9-23-10-16)11-31-20(30)27-5-3-21(4-6-27)12-28(13-21)19(29)15-1-2-17-18(8-15)25-26-24-17/h7,9-10,15,17-18,24-26H,1-6,8,11-13H2. The Labute approximate surface area is 190 Å². The molecule has 0 radical (unpaired) electrons. The molecule has 0 aromatic carbocycles. The van der Waals surface area contributed by atoms with Crippen LogP contribution in [0.2, 0.25) is 0 Å². The van der Waals surface area contributed by atoms with Crippen molar-refractivity contribution >= 4 is 27.9 Å². The van der Waals surface area contributed by atoms with E-state index in [1.165, 1.54) is 0 Å². The Hall–Kier alpha value is -1.75. The Kier molecular flexibility index (Phi) is 5.89. The molecule has 3 unspecified atom stereocenters. The summed E-state index contributed by atoms with van der Waals surface area (Å²) in [5, 5.41) is 0. The van der Waals surface area contributed by atoms with E-state index < -0.39 is 0 Å². The smallest absolute Gasteiger partial charge is 0.410 e. The fourth-order valence-electron chi connectivity index (χ4n) is 5.38. The number of carbonyl (C=O) groups excluding carboxylic acids is 2. The fourth-order valence-corrected chi connectivity index (χ4v) is 5.79. The third-order valence-electron chi connectivity index (χ3n) is 7.28. The zero-order chi connectivity index (χ0) is 21.4. The molecule has 5 rings (SSSR count). The number of hydrogen-bond donors (Lipinski definition) is 3. The molecule has 9 nitrogen and oxygen atoms in total. The highest BCUT2D eigenvalue weighted by Crippen LogP contribution is 2.42. The van der Waals surface area contributed by atoms with Gasteiger partial charge >= 0.3 is 6.09 Å². The molecule has 168 valence electrons. The van der Waals surface area contributed by atoms with E-state index in [1.54, 1.807) is 17.3 Å². The molecule has 4 fully saturated rings. The summed E-state index contributed by atoms with van der Waals surface area (Å²) in [6, 6.07) is 2.66. The first-order valence-electron chi connectivity index (χ1n) is 11.1. The van der Waals surface area contributed by atoms with Gasteiger partial charge in [-0.1, -0.05) is 0 Å². The lowest BCUT2D eigenvalue weighted by Gasteiger charge is -2.54. The van der Waals surface area contributed by atoms with Crippen LogP contribution in [0, 0.1) is 11.3 Å². The average Bonchev–Trinajstić information content (AvgIpc) is 3.23. The summed E-state index contributed by atoms with van der Waals surface area (Å²) >= 11 is 3.37. The van der Waals surface area contributed by atoms with Gasteiger partial charge in [0.1, 0.15) is 6.61 Å². The fraction of sp³-hybridized carbons (Fsp3) is 0.667. The second-order valence-corrected chi connectivity index (χ2v) is 10.3. The number of nitrogens with one attached hydrogen (secondary N) is 3. The minimum Gasteiger partial charge on any atom is -0.444 e. The van der Waals surface area contributed by atoms with Crippen molar-refractivity contribution in [3.05, 3.63) is 28.5 Å². The Morgan fingerprint density at radius 3 is 2.68 bits per heavy atom. The number of hydrogen-bond acceptors (Lipinski definition) is 7. The topological polar surface area (TPSA) is 98.8 Å². The molecule has 4 heterocycles. The molecule has 1 aromatic heterocycles. The first-order chi connectivity index (χ1) is 15.0. The van der Waals surface area contributed by atoms with Crippen molar-refractivity contribution in [1.82, 2.24) is 31.2 Å². The van der Waals surface area contributed by atoms with Gasteiger partial charge < -0.3 is 14.5 Å². The van der Waals surface area contributed by atoms with Crippen LogP contribution in [0.1, 0.15) is 37.7 Å². The Balaban J connectivity index is 1.06. The summed E-state index contributed by atoms with van der Waals surface area (Å²) in [6.07, 6.45) is 7.84. The van der Waals surface area contributed by atoms with Crippen molar-refractivity contribution in [1.29, 1.82) is 0 Å². The summed E-state index contributed by atoms with van der Waals surface area (Å²) in [7, 11) is 0.